The molecule has 0 atom stereocenters. The van der Waals surface area contributed by atoms with Crippen LogP contribution in [0.15, 0.2) is 41.6 Å². The van der Waals surface area contributed by atoms with Gasteiger partial charge in [-0.15, -0.1) is 0 Å². The molecule has 108 valence electrons. The number of H-pyrrole nitrogens is 1. The van der Waals surface area contributed by atoms with Gasteiger partial charge in [0.05, 0.1) is 6.20 Å². The van der Waals surface area contributed by atoms with Crippen LogP contribution >= 0.6 is 0 Å². The molecule has 0 radical (unpaired) electrons. The summed E-state index contributed by atoms with van der Waals surface area (Å²) in [5.74, 6) is 1.35. The van der Waals surface area contributed by atoms with Crippen LogP contribution in [0.5, 0.6) is 5.75 Å². The molecule has 0 unspecified atom stereocenters. The minimum absolute atomic E-state index is 0.0778. The third-order valence-corrected chi connectivity index (χ3v) is 4.01. The lowest BCUT2D eigenvalue weighted by atomic mass is 10.3. The van der Waals surface area contributed by atoms with Gasteiger partial charge in [-0.1, -0.05) is 25.1 Å². The van der Waals surface area contributed by atoms with Gasteiger partial charge in [0.25, 0.3) is 10.0 Å². The topological polar surface area (TPSA) is 84.1 Å². The summed E-state index contributed by atoms with van der Waals surface area (Å²) in [5.41, 5.74) is 0. The molecule has 0 aliphatic rings. The van der Waals surface area contributed by atoms with Crippen LogP contribution in [0.2, 0.25) is 0 Å². The maximum absolute atomic E-state index is 11.9. The van der Waals surface area contributed by atoms with Gasteiger partial charge in [0.1, 0.15) is 18.2 Å². The van der Waals surface area contributed by atoms with Crippen molar-refractivity contribution in [2.75, 3.05) is 13.2 Å². The monoisotopic (exact) mass is 295 g/mol. The Morgan fingerprint density at radius 3 is 2.70 bits per heavy atom. The fourth-order valence-electron chi connectivity index (χ4n) is 1.60. The summed E-state index contributed by atoms with van der Waals surface area (Å²) in [6, 6.07) is 9.24. The number of benzene rings is 1. The van der Waals surface area contributed by atoms with Gasteiger partial charge in [0.2, 0.25) is 0 Å². The van der Waals surface area contributed by atoms with Crippen LogP contribution in [0.25, 0.3) is 0 Å². The second-order valence-corrected chi connectivity index (χ2v) is 5.84. The fourth-order valence-corrected chi connectivity index (χ4v) is 2.55. The number of hydrogen-bond acceptors (Lipinski definition) is 4. The zero-order valence-corrected chi connectivity index (χ0v) is 12.0. The van der Waals surface area contributed by atoms with E-state index in [0.717, 1.165) is 0 Å². The predicted octanol–water partition coefficient (Wildman–Crippen LogP) is 1.33. The van der Waals surface area contributed by atoms with E-state index < -0.39 is 10.0 Å². The highest BCUT2D eigenvalue weighted by atomic mass is 32.2. The Hall–Kier alpha value is -1.86. The third kappa shape index (κ3) is 3.82. The standard InChI is InChI=1S/C13H17N3O3S/c1-2-12-14-10-13(16-12)20(17,18)15-8-9-19-11-6-4-3-5-7-11/h3-7,10,15H,2,8-9H2,1H3,(H,14,16). The van der Waals surface area contributed by atoms with Crippen molar-refractivity contribution >= 4 is 10.0 Å². The first-order valence-corrected chi connectivity index (χ1v) is 7.81. The Morgan fingerprint density at radius 1 is 1.30 bits per heavy atom. The van der Waals surface area contributed by atoms with Crippen LogP contribution < -0.4 is 9.46 Å². The minimum Gasteiger partial charge on any atom is -0.492 e. The summed E-state index contributed by atoms with van der Waals surface area (Å²) in [6.45, 7) is 2.35. The number of sulfonamides is 1. The fraction of sp³-hybridized carbons (Fsp3) is 0.308. The van der Waals surface area contributed by atoms with Crippen LogP contribution in [0.3, 0.4) is 0 Å². The number of ether oxygens (including phenoxy) is 1. The number of aryl methyl sites for hydroxylation is 1. The quantitative estimate of drug-likeness (QED) is 0.755. The Labute approximate surface area is 118 Å². The number of hydrogen-bond donors (Lipinski definition) is 2. The molecule has 0 bridgehead atoms. The second-order valence-electron chi connectivity index (χ2n) is 4.11. The van der Waals surface area contributed by atoms with Crippen molar-refractivity contribution in [1.29, 1.82) is 0 Å². The van der Waals surface area contributed by atoms with Crippen LogP contribution in [0, 0.1) is 0 Å². The van der Waals surface area contributed by atoms with E-state index in [9.17, 15) is 8.42 Å². The highest BCUT2D eigenvalue weighted by Gasteiger charge is 2.16. The van der Waals surface area contributed by atoms with E-state index in [0.29, 0.717) is 18.0 Å². The molecule has 0 aliphatic heterocycles. The van der Waals surface area contributed by atoms with Gasteiger partial charge in [-0.25, -0.2) is 18.1 Å². The smallest absolute Gasteiger partial charge is 0.257 e. The number of nitrogens with one attached hydrogen (secondary N) is 2. The van der Waals surface area contributed by atoms with Crippen LogP contribution in [-0.4, -0.2) is 31.5 Å². The normalized spacial score (nSPS) is 11.4. The van der Waals surface area contributed by atoms with E-state index in [1.165, 1.54) is 6.20 Å². The van der Waals surface area contributed by atoms with Crippen molar-refractivity contribution in [1.82, 2.24) is 14.7 Å². The number of imidazole rings is 1. The van der Waals surface area contributed by atoms with Gasteiger partial charge in [-0.2, -0.15) is 0 Å². The molecular formula is C13H17N3O3S. The second kappa shape index (κ2) is 6.53. The molecule has 6 nitrogen and oxygen atoms in total. The van der Waals surface area contributed by atoms with E-state index >= 15 is 0 Å². The summed E-state index contributed by atoms with van der Waals surface area (Å²) in [6.07, 6.45) is 1.98. The van der Waals surface area contributed by atoms with Crippen LogP contribution in [0.1, 0.15) is 12.7 Å². The van der Waals surface area contributed by atoms with Gasteiger partial charge >= 0.3 is 0 Å². The molecule has 1 aromatic heterocycles. The molecular weight excluding hydrogens is 278 g/mol. The molecule has 0 fully saturated rings. The average molecular weight is 295 g/mol. The molecule has 7 heteroatoms. The molecule has 0 saturated heterocycles. The van der Waals surface area contributed by atoms with E-state index in [1.807, 2.05) is 37.3 Å². The Kier molecular flexibility index (Phi) is 4.75. The van der Waals surface area contributed by atoms with Gasteiger partial charge in [-0.3, -0.25) is 0 Å². The first-order valence-electron chi connectivity index (χ1n) is 6.33. The number of aromatic amines is 1. The average Bonchev–Trinajstić information content (AvgIpc) is 2.95. The number of aromatic nitrogens is 2. The van der Waals surface area contributed by atoms with Crippen molar-refractivity contribution in [2.24, 2.45) is 0 Å². The lowest BCUT2D eigenvalue weighted by molar-refractivity contribution is 0.323. The molecule has 1 heterocycles. The van der Waals surface area contributed by atoms with Gasteiger partial charge < -0.3 is 9.72 Å². The van der Waals surface area contributed by atoms with E-state index in [4.69, 9.17) is 4.74 Å². The molecule has 2 N–H and O–H groups in total. The highest BCUT2D eigenvalue weighted by molar-refractivity contribution is 7.89. The maximum atomic E-state index is 11.9. The Morgan fingerprint density at radius 2 is 2.05 bits per heavy atom. The summed E-state index contributed by atoms with van der Waals surface area (Å²) in [4.78, 5) is 6.73. The van der Waals surface area contributed by atoms with Crippen LogP contribution in [0.4, 0.5) is 0 Å². The Bertz CT molecular complexity index is 638. The molecule has 0 amide bonds. The molecule has 1 aromatic carbocycles. The summed E-state index contributed by atoms with van der Waals surface area (Å²) in [7, 11) is -3.55. The molecule has 0 saturated carbocycles. The first kappa shape index (κ1) is 14.5. The zero-order valence-electron chi connectivity index (χ0n) is 11.2. The van der Waals surface area contributed by atoms with Gasteiger partial charge in [-0.05, 0) is 12.1 Å². The molecule has 0 spiro atoms. The minimum atomic E-state index is -3.55. The first-order chi connectivity index (χ1) is 9.62. The summed E-state index contributed by atoms with van der Waals surface area (Å²) in [5, 5.41) is 0.0778. The van der Waals surface area contributed by atoms with Crippen molar-refractivity contribution in [3.8, 4) is 5.75 Å². The SMILES string of the molecule is CCc1ncc(S(=O)(=O)NCCOc2ccccc2)[nH]1. The molecule has 0 aliphatic carbocycles. The predicted molar refractivity (Wildman–Crippen MR) is 75.1 cm³/mol. The maximum Gasteiger partial charge on any atom is 0.257 e. The van der Waals surface area contributed by atoms with Crippen molar-refractivity contribution < 1.29 is 13.2 Å². The lowest BCUT2D eigenvalue weighted by Crippen LogP contribution is -2.28. The molecule has 2 rings (SSSR count). The van der Waals surface area contributed by atoms with Gasteiger partial charge in [0, 0.05) is 13.0 Å². The Balaban J connectivity index is 1.84. The molecule has 2 aromatic rings. The van der Waals surface area contributed by atoms with Crippen molar-refractivity contribution in [3.63, 3.8) is 0 Å². The highest BCUT2D eigenvalue weighted by Crippen LogP contribution is 2.08. The molecule has 20 heavy (non-hydrogen) atoms. The summed E-state index contributed by atoms with van der Waals surface area (Å²) < 4.78 is 31.7. The van der Waals surface area contributed by atoms with E-state index in [-0.39, 0.29) is 18.2 Å². The van der Waals surface area contributed by atoms with Crippen molar-refractivity contribution in [2.45, 2.75) is 18.4 Å². The number of nitrogens with zero attached hydrogens (tertiary/aromatic N) is 1. The van der Waals surface area contributed by atoms with E-state index in [1.54, 1.807) is 0 Å². The number of rotatable bonds is 7. The lowest BCUT2D eigenvalue weighted by Gasteiger charge is -2.07. The third-order valence-electron chi connectivity index (χ3n) is 2.64. The zero-order chi connectivity index (χ0) is 14.4. The summed E-state index contributed by atoms with van der Waals surface area (Å²) >= 11 is 0. The number of para-hydroxylation sites is 1. The largest absolute Gasteiger partial charge is 0.492 e. The van der Waals surface area contributed by atoms with E-state index in [2.05, 4.69) is 14.7 Å². The van der Waals surface area contributed by atoms with Gasteiger partial charge in [0.15, 0.2) is 5.03 Å². The van der Waals surface area contributed by atoms with Crippen molar-refractivity contribution in [3.05, 3.63) is 42.4 Å². The van der Waals surface area contributed by atoms with Crippen LogP contribution in [-0.2, 0) is 16.4 Å².